The van der Waals surface area contributed by atoms with Crippen LogP contribution in [0.25, 0.3) is 0 Å². The zero-order valence-corrected chi connectivity index (χ0v) is 14.3. The molecule has 3 heterocycles. The fourth-order valence-electron chi connectivity index (χ4n) is 2.40. The van der Waals surface area contributed by atoms with Crippen LogP contribution in [0.4, 0.5) is 5.00 Å². The topological polar surface area (TPSA) is 82.4 Å². The summed E-state index contributed by atoms with van der Waals surface area (Å²) in [6.45, 7) is 1.72. The van der Waals surface area contributed by atoms with Crippen molar-refractivity contribution in [1.82, 2.24) is 4.90 Å². The van der Waals surface area contributed by atoms with Crippen LogP contribution in [0.15, 0.2) is 57.1 Å². The first-order chi connectivity index (χ1) is 12.2. The van der Waals surface area contributed by atoms with Crippen molar-refractivity contribution < 1.29 is 13.6 Å². The molecule has 0 aromatic carbocycles. The van der Waals surface area contributed by atoms with Crippen LogP contribution in [0.5, 0.6) is 0 Å². The molecule has 0 saturated carbocycles. The Morgan fingerprint density at radius 1 is 1.16 bits per heavy atom. The Morgan fingerprint density at radius 3 is 2.40 bits per heavy atom. The van der Waals surface area contributed by atoms with Crippen molar-refractivity contribution in [2.24, 2.45) is 0 Å². The van der Waals surface area contributed by atoms with E-state index in [0.29, 0.717) is 36.6 Å². The van der Waals surface area contributed by atoms with Gasteiger partial charge in [-0.25, -0.2) is 0 Å². The largest absolute Gasteiger partial charge is 0.468 e. The number of carbonyl (C=O) groups excluding carboxylic acids is 1. The number of rotatable bonds is 8. The number of nitrogens with one attached hydrogen (secondary N) is 1. The molecule has 0 aliphatic rings. The molecule has 1 amide bonds. The second-order valence-corrected chi connectivity index (χ2v) is 6.36. The zero-order chi connectivity index (χ0) is 17.5. The van der Waals surface area contributed by atoms with E-state index < -0.39 is 0 Å². The average Bonchev–Trinajstić information content (AvgIpc) is 3.35. The quantitative estimate of drug-likeness (QED) is 0.664. The molecule has 0 fully saturated rings. The van der Waals surface area contributed by atoms with Gasteiger partial charge in [0.25, 0.3) is 0 Å². The van der Waals surface area contributed by atoms with Crippen molar-refractivity contribution in [3.63, 3.8) is 0 Å². The first-order valence-corrected chi connectivity index (χ1v) is 8.67. The van der Waals surface area contributed by atoms with Crippen LogP contribution in [0.1, 0.15) is 23.5 Å². The third-order valence-electron chi connectivity index (χ3n) is 3.61. The van der Waals surface area contributed by atoms with Gasteiger partial charge in [0.15, 0.2) is 0 Å². The van der Waals surface area contributed by atoms with Gasteiger partial charge in [0.2, 0.25) is 5.91 Å². The number of amides is 1. The number of thiophene rings is 1. The number of hydrogen-bond acceptors (Lipinski definition) is 6. The fourth-order valence-corrected chi connectivity index (χ4v) is 3.16. The Balaban J connectivity index is 1.57. The van der Waals surface area contributed by atoms with Gasteiger partial charge >= 0.3 is 0 Å². The van der Waals surface area contributed by atoms with Crippen LogP contribution in [0.2, 0.25) is 0 Å². The van der Waals surface area contributed by atoms with Gasteiger partial charge in [0.1, 0.15) is 22.6 Å². The number of anilines is 1. The third-order valence-corrected chi connectivity index (χ3v) is 4.44. The molecule has 1 N–H and O–H groups in total. The van der Waals surface area contributed by atoms with Gasteiger partial charge in [0.05, 0.1) is 31.2 Å². The lowest BCUT2D eigenvalue weighted by Gasteiger charge is -2.19. The van der Waals surface area contributed by atoms with Crippen molar-refractivity contribution in [1.29, 1.82) is 5.26 Å². The molecule has 128 valence electrons. The molecule has 3 aromatic heterocycles. The van der Waals surface area contributed by atoms with E-state index in [0.717, 1.165) is 11.5 Å². The number of hydrogen-bond donors (Lipinski definition) is 1. The van der Waals surface area contributed by atoms with Gasteiger partial charge in [-0.3, -0.25) is 9.69 Å². The number of nitriles is 1. The summed E-state index contributed by atoms with van der Waals surface area (Å²) in [6, 6.07) is 11.2. The van der Waals surface area contributed by atoms with Gasteiger partial charge in [-0.2, -0.15) is 5.26 Å². The summed E-state index contributed by atoms with van der Waals surface area (Å²) in [6.07, 6.45) is 3.57. The van der Waals surface area contributed by atoms with Crippen molar-refractivity contribution >= 4 is 22.2 Å². The van der Waals surface area contributed by atoms with Gasteiger partial charge in [-0.05, 0) is 35.7 Å². The van der Waals surface area contributed by atoms with Crippen molar-refractivity contribution in [2.45, 2.75) is 19.5 Å². The lowest BCUT2D eigenvalue weighted by molar-refractivity contribution is -0.116. The first-order valence-electron chi connectivity index (χ1n) is 7.79. The molecule has 0 spiro atoms. The molecule has 0 atom stereocenters. The Bertz CT molecular complexity index is 795. The Morgan fingerprint density at radius 2 is 1.84 bits per heavy atom. The van der Waals surface area contributed by atoms with Crippen LogP contribution in [-0.4, -0.2) is 17.4 Å². The highest BCUT2D eigenvalue weighted by atomic mass is 32.1. The molecule has 3 rings (SSSR count). The number of carbonyl (C=O) groups is 1. The highest BCUT2D eigenvalue weighted by Crippen LogP contribution is 2.22. The summed E-state index contributed by atoms with van der Waals surface area (Å²) < 4.78 is 10.8. The van der Waals surface area contributed by atoms with E-state index in [4.69, 9.17) is 14.1 Å². The molecule has 0 radical (unpaired) electrons. The third kappa shape index (κ3) is 4.83. The molecule has 7 heteroatoms. The van der Waals surface area contributed by atoms with Gasteiger partial charge < -0.3 is 14.2 Å². The standard InChI is InChI=1S/C18H17N3O3S/c19-11-14-6-10-25-18(14)20-17(22)5-7-21(12-15-3-1-8-23-15)13-16-4-2-9-24-16/h1-4,6,8-10H,5,7,12-13H2,(H,20,22). The average molecular weight is 355 g/mol. The molecule has 0 aliphatic heterocycles. The summed E-state index contributed by atoms with van der Waals surface area (Å²) in [5.74, 6) is 1.54. The maximum atomic E-state index is 12.2. The maximum absolute atomic E-state index is 12.2. The van der Waals surface area contributed by atoms with E-state index in [1.54, 1.807) is 24.0 Å². The SMILES string of the molecule is N#Cc1ccsc1NC(=O)CCN(Cc1ccco1)Cc1ccco1. The molecule has 0 bridgehead atoms. The van der Waals surface area contributed by atoms with Crippen molar-refractivity contribution in [3.05, 3.63) is 65.3 Å². The predicted octanol–water partition coefficient (Wildman–Crippen LogP) is 3.84. The highest BCUT2D eigenvalue weighted by Gasteiger charge is 2.14. The van der Waals surface area contributed by atoms with E-state index in [1.165, 1.54) is 11.3 Å². The van der Waals surface area contributed by atoms with Crippen LogP contribution >= 0.6 is 11.3 Å². The van der Waals surface area contributed by atoms with E-state index in [-0.39, 0.29) is 5.91 Å². The minimum atomic E-state index is -0.122. The van der Waals surface area contributed by atoms with Gasteiger partial charge in [-0.15, -0.1) is 11.3 Å². The summed E-state index contributed by atoms with van der Waals surface area (Å²) in [5, 5.41) is 14.2. The summed E-state index contributed by atoms with van der Waals surface area (Å²) in [4.78, 5) is 14.3. The maximum Gasteiger partial charge on any atom is 0.226 e. The van der Waals surface area contributed by atoms with Gasteiger partial charge in [0, 0.05) is 13.0 Å². The predicted molar refractivity (Wildman–Crippen MR) is 93.8 cm³/mol. The Kier molecular flexibility index (Phi) is 5.67. The molecule has 3 aromatic rings. The number of nitrogens with zero attached hydrogens (tertiary/aromatic N) is 2. The van der Waals surface area contributed by atoms with E-state index >= 15 is 0 Å². The zero-order valence-electron chi connectivity index (χ0n) is 13.5. The molecule has 0 saturated heterocycles. The van der Waals surface area contributed by atoms with Crippen molar-refractivity contribution in [3.8, 4) is 6.07 Å². The Hall–Kier alpha value is -2.82. The molecular formula is C18H17N3O3S. The number of furan rings is 2. The molecule has 0 unspecified atom stereocenters. The van der Waals surface area contributed by atoms with E-state index in [9.17, 15) is 4.79 Å². The fraction of sp³-hybridized carbons (Fsp3) is 0.222. The summed E-state index contributed by atoms with van der Waals surface area (Å²) >= 11 is 1.35. The van der Waals surface area contributed by atoms with E-state index in [1.807, 2.05) is 24.3 Å². The second-order valence-electron chi connectivity index (χ2n) is 5.44. The first kappa shape index (κ1) is 17.0. The van der Waals surface area contributed by atoms with Gasteiger partial charge in [-0.1, -0.05) is 0 Å². The highest BCUT2D eigenvalue weighted by molar-refractivity contribution is 7.14. The van der Waals surface area contributed by atoms with E-state index in [2.05, 4.69) is 16.3 Å². The minimum absolute atomic E-state index is 0.122. The lowest BCUT2D eigenvalue weighted by atomic mass is 10.3. The molecule has 0 aliphatic carbocycles. The monoisotopic (exact) mass is 355 g/mol. The van der Waals surface area contributed by atoms with Crippen molar-refractivity contribution in [2.75, 3.05) is 11.9 Å². The molecular weight excluding hydrogens is 338 g/mol. The minimum Gasteiger partial charge on any atom is -0.468 e. The molecule has 25 heavy (non-hydrogen) atoms. The van der Waals surface area contributed by atoms with Crippen LogP contribution in [0, 0.1) is 11.3 Å². The summed E-state index contributed by atoms with van der Waals surface area (Å²) in [5.41, 5.74) is 0.487. The second kappa shape index (κ2) is 8.33. The lowest BCUT2D eigenvalue weighted by Crippen LogP contribution is -2.27. The van der Waals surface area contributed by atoms with Crippen LogP contribution in [-0.2, 0) is 17.9 Å². The smallest absolute Gasteiger partial charge is 0.226 e. The molecule has 6 nitrogen and oxygen atoms in total. The van der Waals surface area contributed by atoms with Crippen LogP contribution in [0.3, 0.4) is 0 Å². The normalized spacial score (nSPS) is 10.7. The Labute approximate surface area is 149 Å². The van der Waals surface area contributed by atoms with Crippen LogP contribution < -0.4 is 5.32 Å². The summed E-state index contributed by atoms with van der Waals surface area (Å²) in [7, 11) is 0.